The quantitative estimate of drug-likeness (QED) is 0.672. The minimum absolute atomic E-state index is 0.0115. The van der Waals surface area contributed by atoms with Gasteiger partial charge in [0.2, 0.25) is 5.78 Å². The molecule has 29 heavy (non-hydrogen) atoms. The molecule has 0 aliphatic heterocycles. The van der Waals surface area contributed by atoms with Gasteiger partial charge < -0.3 is 4.57 Å². The maximum atomic E-state index is 12.8. The van der Waals surface area contributed by atoms with E-state index in [0.29, 0.717) is 28.7 Å². The normalized spacial score (nSPS) is 19.0. The number of aromatic nitrogens is 4. The highest BCUT2D eigenvalue weighted by atomic mass is 32.2. The molecule has 2 aliphatic carbocycles. The number of hydrogen-bond donors (Lipinski definition) is 1. The maximum Gasteiger partial charge on any atom is 0.279 e. The minimum Gasteiger partial charge on any atom is -0.312 e. The Morgan fingerprint density at radius 2 is 1.86 bits per heavy atom. The lowest BCUT2D eigenvalue weighted by Crippen LogP contribution is -2.24. The molecule has 1 aromatic carbocycles. The Hall–Kier alpha value is -2.48. The van der Waals surface area contributed by atoms with E-state index in [2.05, 4.69) is 10.1 Å². The number of rotatable bonds is 6. The van der Waals surface area contributed by atoms with Crippen molar-refractivity contribution in [1.29, 1.82) is 4.78 Å². The van der Waals surface area contributed by atoms with Gasteiger partial charge in [0.1, 0.15) is 0 Å². The molecule has 2 heterocycles. The van der Waals surface area contributed by atoms with Crippen LogP contribution in [0.15, 0.2) is 40.2 Å². The van der Waals surface area contributed by atoms with E-state index in [1.165, 1.54) is 4.52 Å². The molecule has 7 nitrogen and oxygen atoms in total. The van der Waals surface area contributed by atoms with Crippen LogP contribution >= 0.6 is 0 Å². The van der Waals surface area contributed by atoms with Crippen molar-refractivity contribution in [3.63, 3.8) is 0 Å². The van der Waals surface area contributed by atoms with Gasteiger partial charge in [0.25, 0.3) is 5.56 Å². The monoisotopic (exact) mass is 411 g/mol. The molecule has 0 amide bonds. The second-order valence-corrected chi connectivity index (χ2v) is 10.9. The second kappa shape index (κ2) is 6.52. The average molecular weight is 412 g/mol. The van der Waals surface area contributed by atoms with E-state index in [1.54, 1.807) is 0 Å². The summed E-state index contributed by atoms with van der Waals surface area (Å²) in [4.78, 5) is 18.1. The third kappa shape index (κ3) is 3.29. The van der Waals surface area contributed by atoms with E-state index in [9.17, 15) is 9.00 Å². The largest absolute Gasteiger partial charge is 0.312 e. The lowest BCUT2D eigenvalue weighted by Gasteiger charge is -2.13. The van der Waals surface area contributed by atoms with Crippen molar-refractivity contribution in [3.05, 3.63) is 57.8 Å². The van der Waals surface area contributed by atoms with Crippen molar-refractivity contribution in [2.75, 3.05) is 0 Å². The Labute approximate surface area is 169 Å². The van der Waals surface area contributed by atoms with Crippen molar-refractivity contribution in [2.24, 2.45) is 0 Å². The molecule has 2 aromatic heterocycles. The molecule has 2 fully saturated rings. The molecule has 0 radical (unpaired) electrons. The van der Waals surface area contributed by atoms with Gasteiger partial charge in [0, 0.05) is 27.8 Å². The Morgan fingerprint density at radius 1 is 1.17 bits per heavy atom. The highest BCUT2D eigenvalue weighted by Crippen LogP contribution is 2.38. The smallest absolute Gasteiger partial charge is 0.279 e. The molecule has 0 unspecified atom stereocenters. The molecule has 2 saturated carbocycles. The Balaban J connectivity index is 1.54. The maximum absolute atomic E-state index is 12.8. The summed E-state index contributed by atoms with van der Waals surface area (Å²) in [6.45, 7) is 4.54. The Morgan fingerprint density at radius 3 is 2.45 bits per heavy atom. The molecule has 5 rings (SSSR count). The van der Waals surface area contributed by atoms with Crippen LogP contribution in [-0.2, 0) is 16.3 Å². The molecule has 1 atom stereocenters. The molecule has 3 aromatic rings. The first-order valence-corrected chi connectivity index (χ1v) is 11.8. The van der Waals surface area contributed by atoms with Crippen molar-refractivity contribution >= 4 is 15.5 Å². The fourth-order valence-corrected chi connectivity index (χ4v) is 5.38. The highest BCUT2D eigenvalue weighted by molar-refractivity contribution is 7.93. The van der Waals surface area contributed by atoms with Crippen LogP contribution in [0.5, 0.6) is 0 Å². The molecular weight excluding hydrogens is 386 g/mol. The predicted molar refractivity (Wildman–Crippen MR) is 111 cm³/mol. The van der Waals surface area contributed by atoms with Gasteiger partial charge in [-0.3, -0.25) is 4.79 Å². The van der Waals surface area contributed by atoms with Gasteiger partial charge in [-0.2, -0.15) is 9.50 Å². The number of hydrogen-bond acceptors (Lipinski definition) is 5. The SMILES string of the molecule is CC(C)c1cn(Cc2ccc([S@@](=N)(=O)C3CC3)cc2)c2nc(C3CC3)nn2c1=O. The Bertz CT molecular complexity index is 1250. The van der Waals surface area contributed by atoms with E-state index in [1.807, 2.05) is 48.9 Å². The van der Waals surface area contributed by atoms with Crippen LogP contribution in [0, 0.1) is 4.78 Å². The molecule has 1 N–H and O–H groups in total. The number of nitrogens with one attached hydrogen (secondary N) is 1. The molecule has 0 saturated heterocycles. The zero-order chi connectivity index (χ0) is 20.3. The molecule has 2 aliphatic rings. The fraction of sp³-hybridized carbons (Fsp3) is 0.476. The van der Waals surface area contributed by atoms with Gasteiger partial charge >= 0.3 is 0 Å². The fourth-order valence-electron chi connectivity index (χ4n) is 3.66. The van der Waals surface area contributed by atoms with Crippen LogP contribution in [0.1, 0.15) is 68.3 Å². The topological polar surface area (TPSA) is 93.1 Å². The van der Waals surface area contributed by atoms with Crippen LogP contribution in [-0.4, -0.2) is 28.6 Å². The van der Waals surface area contributed by atoms with E-state index in [4.69, 9.17) is 4.78 Å². The summed E-state index contributed by atoms with van der Waals surface area (Å²) in [7, 11) is -2.69. The van der Waals surface area contributed by atoms with Crippen molar-refractivity contribution in [3.8, 4) is 0 Å². The first-order chi connectivity index (χ1) is 13.8. The summed E-state index contributed by atoms with van der Waals surface area (Å²) in [5, 5.41) is 4.51. The number of benzene rings is 1. The van der Waals surface area contributed by atoms with E-state index >= 15 is 0 Å². The van der Waals surface area contributed by atoms with Gasteiger partial charge in [-0.05, 0) is 49.3 Å². The number of fused-ring (bicyclic) bond motifs is 1. The van der Waals surface area contributed by atoms with Crippen LogP contribution in [0.2, 0.25) is 0 Å². The van der Waals surface area contributed by atoms with E-state index < -0.39 is 9.73 Å². The summed E-state index contributed by atoms with van der Waals surface area (Å²) in [5.41, 5.74) is 1.62. The Kier molecular flexibility index (Phi) is 4.17. The predicted octanol–water partition coefficient (Wildman–Crippen LogP) is 3.51. The zero-order valence-electron chi connectivity index (χ0n) is 16.7. The van der Waals surface area contributed by atoms with Crippen molar-refractivity contribution in [2.45, 2.75) is 68.1 Å². The molecular formula is C21H25N5O2S. The lowest BCUT2D eigenvalue weighted by molar-refractivity contribution is 0.673. The summed E-state index contributed by atoms with van der Waals surface area (Å²) < 4.78 is 24.2. The van der Waals surface area contributed by atoms with Gasteiger partial charge in [-0.25, -0.2) is 8.99 Å². The first kappa shape index (κ1) is 18.5. The average Bonchev–Trinajstić information content (AvgIpc) is 3.61. The van der Waals surface area contributed by atoms with Crippen LogP contribution in [0.25, 0.3) is 5.78 Å². The van der Waals surface area contributed by atoms with E-state index in [0.717, 1.165) is 37.1 Å². The third-order valence-electron chi connectivity index (χ3n) is 5.78. The highest BCUT2D eigenvalue weighted by Gasteiger charge is 2.33. The van der Waals surface area contributed by atoms with Crippen LogP contribution in [0.4, 0.5) is 0 Å². The second-order valence-electron chi connectivity index (χ2n) is 8.57. The molecule has 0 spiro atoms. The van der Waals surface area contributed by atoms with Gasteiger partial charge in [-0.15, -0.1) is 5.10 Å². The van der Waals surface area contributed by atoms with E-state index in [-0.39, 0.29) is 16.7 Å². The van der Waals surface area contributed by atoms with Crippen molar-refractivity contribution in [1.82, 2.24) is 19.2 Å². The lowest BCUT2D eigenvalue weighted by atomic mass is 10.1. The summed E-state index contributed by atoms with van der Waals surface area (Å²) in [5.74, 6) is 1.77. The van der Waals surface area contributed by atoms with Crippen LogP contribution < -0.4 is 5.56 Å². The zero-order valence-corrected chi connectivity index (χ0v) is 17.5. The molecule has 152 valence electrons. The first-order valence-electron chi connectivity index (χ1n) is 10.2. The molecule has 0 bridgehead atoms. The minimum atomic E-state index is -2.69. The third-order valence-corrected chi connectivity index (χ3v) is 8.17. The van der Waals surface area contributed by atoms with Gasteiger partial charge in [-0.1, -0.05) is 26.0 Å². The summed E-state index contributed by atoms with van der Waals surface area (Å²) in [6.07, 6.45) is 5.81. The summed E-state index contributed by atoms with van der Waals surface area (Å²) >= 11 is 0. The van der Waals surface area contributed by atoms with Gasteiger partial charge in [0.05, 0.1) is 16.3 Å². The standard InChI is InChI=1S/C21H25N5O2S/c1-13(2)18-12-25(21-23-19(15-5-6-15)24-26(21)20(18)27)11-14-3-7-16(8-4-14)29(22,28)17-9-10-17/h3-4,7-8,12-13,15,17,22H,5-6,9-11H2,1-2H3/t29-/m1/s1. The number of nitrogens with zero attached hydrogens (tertiary/aromatic N) is 4. The van der Waals surface area contributed by atoms with Crippen LogP contribution in [0.3, 0.4) is 0 Å². The van der Waals surface area contributed by atoms with Gasteiger partial charge in [0.15, 0.2) is 5.82 Å². The molecule has 8 heteroatoms. The summed E-state index contributed by atoms with van der Waals surface area (Å²) in [6, 6.07) is 7.47. The van der Waals surface area contributed by atoms with Crippen molar-refractivity contribution < 1.29 is 4.21 Å².